The van der Waals surface area contributed by atoms with E-state index in [4.69, 9.17) is 4.74 Å². The predicted molar refractivity (Wildman–Crippen MR) is 72.6 cm³/mol. The lowest BCUT2D eigenvalue weighted by molar-refractivity contribution is -0.123. The standard InChI is InChI=1S/C14H16N2O3/c1-4-16-13(17)12(19-14(16)18)9-10-5-7-11(8-6-10)15(2)3/h5-9H,4H2,1-3H3/b12-9+. The van der Waals surface area contributed by atoms with Gasteiger partial charge in [0.05, 0.1) is 0 Å². The molecule has 1 aliphatic heterocycles. The fraction of sp³-hybridized carbons (Fsp3) is 0.286. The van der Waals surface area contributed by atoms with Gasteiger partial charge < -0.3 is 9.64 Å². The monoisotopic (exact) mass is 260 g/mol. The molecule has 0 spiro atoms. The van der Waals surface area contributed by atoms with Gasteiger partial charge in [0.1, 0.15) is 0 Å². The second kappa shape index (κ2) is 5.14. The molecule has 5 nitrogen and oxygen atoms in total. The minimum atomic E-state index is -0.608. The molecule has 1 aromatic rings. The van der Waals surface area contributed by atoms with Crippen LogP contribution in [-0.2, 0) is 9.53 Å². The van der Waals surface area contributed by atoms with Crippen molar-refractivity contribution in [2.24, 2.45) is 0 Å². The topological polar surface area (TPSA) is 49.9 Å². The van der Waals surface area contributed by atoms with E-state index >= 15 is 0 Å². The van der Waals surface area contributed by atoms with Crippen molar-refractivity contribution in [3.05, 3.63) is 35.6 Å². The number of carbonyl (C=O) groups is 2. The third-order valence-electron chi connectivity index (χ3n) is 2.90. The number of likely N-dealkylation sites (N-methyl/N-ethyl adjacent to an activating group) is 1. The van der Waals surface area contributed by atoms with Gasteiger partial charge in [0.25, 0.3) is 5.91 Å². The summed E-state index contributed by atoms with van der Waals surface area (Å²) in [5.74, 6) is -0.311. The van der Waals surface area contributed by atoms with Crippen molar-refractivity contribution in [2.75, 3.05) is 25.5 Å². The summed E-state index contributed by atoms with van der Waals surface area (Å²) in [5.41, 5.74) is 1.88. The highest BCUT2D eigenvalue weighted by Gasteiger charge is 2.34. The SMILES string of the molecule is CCN1C(=O)O/C(=C/c2ccc(N(C)C)cc2)C1=O. The molecule has 5 heteroatoms. The smallest absolute Gasteiger partial charge is 0.404 e. The van der Waals surface area contributed by atoms with Gasteiger partial charge in [-0.25, -0.2) is 9.69 Å². The van der Waals surface area contributed by atoms with E-state index in [1.54, 1.807) is 13.0 Å². The highest BCUT2D eigenvalue weighted by molar-refractivity contribution is 6.09. The van der Waals surface area contributed by atoms with Gasteiger partial charge in [-0.2, -0.15) is 0 Å². The van der Waals surface area contributed by atoms with Gasteiger partial charge in [-0.05, 0) is 30.7 Å². The summed E-state index contributed by atoms with van der Waals surface area (Å²) in [7, 11) is 3.91. The fourth-order valence-corrected chi connectivity index (χ4v) is 1.79. The molecule has 1 saturated heterocycles. The first-order chi connectivity index (χ1) is 9.02. The molecule has 1 fully saturated rings. The summed E-state index contributed by atoms with van der Waals surface area (Å²) in [5, 5.41) is 0. The number of carbonyl (C=O) groups excluding carboxylic acids is 2. The van der Waals surface area contributed by atoms with Gasteiger partial charge >= 0.3 is 6.09 Å². The number of rotatable bonds is 3. The second-order valence-corrected chi connectivity index (χ2v) is 4.41. The number of cyclic esters (lactones) is 1. The van der Waals surface area contributed by atoms with Crippen LogP contribution in [0.15, 0.2) is 30.0 Å². The van der Waals surface area contributed by atoms with Crippen molar-refractivity contribution in [3.63, 3.8) is 0 Å². The molecule has 0 aromatic heterocycles. The molecule has 0 N–H and O–H groups in total. The number of hydrogen-bond acceptors (Lipinski definition) is 4. The average molecular weight is 260 g/mol. The zero-order valence-electron chi connectivity index (χ0n) is 11.2. The Morgan fingerprint density at radius 2 is 1.84 bits per heavy atom. The van der Waals surface area contributed by atoms with E-state index in [0.717, 1.165) is 16.2 Å². The molecule has 0 saturated carbocycles. The van der Waals surface area contributed by atoms with Gasteiger partial charge in [-0.3, -0.25) is 4.79 Å². The maximum atomic E-state index is 11.8. The molecule has 1 aliphatic rings. The Hall–Kier alpha value is -2.30. The van der Waals surface area contributed by atoms with Crippen LogP contribution < -0.4 is 4.90 Å². The third kappa shape index (κ3) is 2.59. The van der Waals surface area contributed by atoms with Crippen molar-refractivity contribution in [1.82, 2.24) is 4.90 Å². The highest BCUT2D eigenvalue weighted by atomic mass is 16.6. The number of benzene rings is 1. The number of anilines is 1. The van der Waals surface area contributed by atoms with Gasteiger partial charge in [0, 0.05) is 26.3 Å². The van der Waals surface area contributed by atoms with E-state index in [1.807, 2.05) is 43.3 Å². The van der Waals surface area contributed by atoms with E-state index < -0.39 is 6.09 Å². The first-order valence-electron chi connectivity index (χ1n) is 6.05. The first kappa shape index (κ1) is 13.1. The lowest BCUT2D eigenvalue weighted by Crippen LogP contribution is -2.28. The van der Waals surface area contributed by atoms with Crippen molar-refractivity contribution in [2.45, 2.75) is 6.92 Å². The molecule has 0 radical (unpaired) electrons. The van der Waals surface area contributed by atoms with Crippen LogP contribution in [0.5, 0.6) is 0 Å². The minimum absolute atomic E-state index is 0.0736. The predicted octanol–water partition coefficient (Wildman–Crippen LogP) is 2.09. The number of ether oxygens (including phenoxy) is 1. The summed E-state index contributed by atoms with van der Waals surface area (Å²) in [6.07, 6.45) is 0.971. The first-order valence-corrected chi connectivity index (χ1v) is 6.05. The summed E-state index contributed by atoms with van der Waals surface area (Å²) in [4.78, 5) is 26.3. The van der Waals surface area contributed by atoms with Crippen LogP contribution in [0.3, 0.4) is 0 Å². The van der Waals surface area contributed by atoms with Crippen LogP contribution in [-0.4, -0.2) is 37.5 Å². The molecular formula is C14H16N2O3. The van der Waals surface area contributed by atoms with E-state index in [1.165, 1.54) is 0 Å². The molecule has 100 valence electrons. The van der Waals surface area contributed by atoms with Crippen LogP contribution in [0.25, 0.3) is 6.08 Å². The molecular weight excluding hydrogens is 244 g/mol. The van der Waals surface area contributed by atoms with Crippen molar-refractivity contribution < 1.29 is 14.3 Å². The summed E-state index contributed by atoms with van der Waals surface area (Å²) < 4.78 is 4.95. The van der Waals surface area contributed by atoms with Gasteiger partial charge in [-0.1, -0.05) is 12.1 Å². The van der Waals surface area contributed by atoms with E-state index in [9.17, 15) is 9.59 Å². The second-order valence-electron chi connectivity index (χ2n) is 4.41. The minimum Gasteiger partial charge on any atom is -0.404 e. The summed E-state index contributed by atoms with van der Waals surface area (Å²) in [6.45, 7) is 2.04. The number of nitrogens with zero attached hydrogens (tertiary/aromatic N) is 2. The van der Waals surface area contributed by atoms with Crippen LogP contribution >= 0.6 is 0 Å². The Labute approximate surface area is 112 Å². The van der Waals surface area contributed by atoms with Crippen molar-refractivity contribution in [1.29, 1.82) is 0 Å². The largest absolute Gasteiger partial charge is 0.422 e. The van der Waals surface area contributed by atoms with Crippen molar-refractivity contribution >= 4 is 23.8 Å². The van der Waals surface area contributed by atoms with Crippen LogP contribution in [0.1, 0.15) is 12.5 Å². The molecule has 0 aliphatic carbocycles. The Balaban J connectivity index is 2.22. The van der Waals surface area contributed by atoms with Crippen molar-refractivity contribution in [3.8, 4) is 0 Å². The number of imide groups is 1. The normalized spacial score (nSPS) is 17.0. The molecule has 0 unspecified atom stereocenters. The molecule has 1 aromatic carbocycles. The number of amides is 2. The van der Waals surface area contributed by atoms with Crippen LogP contribution in [0.4, 0.5) is 10.5 Å². The molecule has 2 rings (SSSR count). The van der Waals surface area contributed by atoms with E-state index in [2.05, 4.69) is 0 Å². The summed E-state index contributed by atoms with van der Waals surface area (Å²) >= 11 is 0. The Morgan fingerprint density at radius 1 is 1.21 bits per heavy atom. The zero-order chi connectivity index (χ0) is 14.0. The zero-order valence-corrected chi connectivity index (χ0v) is 11.2. The van der Waals surface area contributed by atoms with E-state index in [-0.39, 0.29) is 11.7 Å². The summed E-state index contributed by atoms with van der Waals surface area (Å²) in [6, 6.07) is 7.62. The van der Waals surface area contributed by atoms with Gasteiger partial charge in [0.2, 0.25) is 0 Å². The van der Waals surface area contributed by atoms with Gasteiger partial charge in [-0.15, -0.1) is 0 Å². The van der Waals surface area contributed by atoms with Gasteiger partial charge in [0.15, 0.2) is 5.76 Å². The molecule has 0 bridgehead atoms. The fourth-order valence-electron chi connectivity index (χ4n) is 1.79. The average Bonchev–Trinajstić information content (AvgIpc) is 2.64. The molecule has 0 atom stereocenters. The third-order valence-corrected chi connectivity index (χ3v) is 2.90. The Kier molecular flexibility index (Phi) is 3.55. The Morgan fingerprint density at radius 3 is 2.32 bits per heavy atom. The maximum Gasteiger partial charge on any atom is 0.422 e. The molecule has 19 heavy (non-hydrogen) atoms. The van der Waals surface area contributed by atoms with Crippen LogP contribution in [0, 0.1) is 0 Å². The molecule has 2 amide bonds. The van der Waals surface area contributed by atoms with E-state index in [0.29, 0.717) is 6.54 Å². The lowest BCUT2D eigenvalue weighted by Gasteiger charge is -2.11. The number of hydrogen-bond donors (Lipinski definition) is 0. The molecule has 1 heterocycles. The van der Waals surface area contributed by atoms with Crippen LogP contribution in [0.2, 0.25) is 0 Å². The highest BCUT2D eigenvalue weighted by Crippen LogP contribution is 2.20. The Bertz CT molecular complexity index is 532. The maximum absolute atomic E-state index is 11.8. The quantitative estimate of drug-likeness (QED) is 0.781. The lowest BCUT2D eigenvalue weighted by atomic mass is 10.1.